The van der Waals surface area contributed by atoms with Crippen molar-refractivity contribution >= 4 is 39.9 Å². The summed E-state index contributed by atoms with van der Waals surface area (Å²) in [5.41, 5.74) is 3.64. The van der Waals surface area contributed by atoms with E-state index in [0.29, 0.717) is 76.1 Å². The molecule has 4 unspecified atom stereocenters. The van der Waals surface area contributed by atoms with Crippen LogP contribution in [0.15, 0.2) is 93.9 Å². The fourth-order valence-corrected chi connectivity index (χ4v) is 12.3. The summed E-state index contributed by atoms with van der Waals surface area (Å²) in [6.45, 7) is 4.83. The number of ketones is 1. The van der Waals surface area contributed by atoms with Gasteiger partial charge in [0.05, 0.1) is 46.6 Å². The van der Waals surface area contributed by atoms with Gasteiger partial charge in [0.1, 0.15) is 11.4 Å². The first-order valence-electron chi connectivity index (χ1n) is 24.5. The average Bonchev–Trinajstić information content (AvgIpc) is 4.26. The average molecular weight is 1030 g/mol. The first-order valence-corrected chi connectivity index (χ1v) is 26.2. The molecule has 72 heavy (non-hydrogen) atoms. The van der Waals surface area contributed by atoms with Gasteiger partial charge in [-0.25, -0.2) is 9.97 Å². The highest BCUT2D eigenvalue weighted by Crippen LogP contribution is 2.38. The summed E-state index contributed by atoms with van der Waals surface area (Å²) in [6, 6.07) is 19.9. The molecule has 21 heteroatoms. The summed E-state index contributed by atoms with van der Waals surface area (Å²) >= 11 is 3.08. The van der Waals surface area contributed by atoms with E-state index in [9.17, 15) is 26.3 Å². The molecule has 0 N–H and O–H groups in total. The highest BCUT2D eigenvalue weighted by Gasteiger charge is 2.42. The van der Waals surface area contributed by atoms with Crippen LogP contribution >= 0.6 is 22.7 Å². The van der Waals surface area contributed by atoms with Crippen LogP contribution in [0, 0.1) is 0 Å². The summed E-state index contributed by atoms with van der Waals surface area (Å²) in [5, 5.41) is 22.6. The number of oxime groups is 2. The molecule has 10 rings (SSSR count). The monoisotopic (exact) mass is 1030 g/mol. The van der Waals surface area contributed by atoms with Crippen LogP contribution in [0.25, 0.3) is 0 Å². The van der Waals surface area contributed by atoms with Crippen molar-refractivity contribution in [3.8, 4) is 0 Å². The van der Waals surface area contributed by atoms with Crippen LogP contribution in [0.5, 0.6) is 0 Å². The fourth-order valence-electron chi connectivity index (χ4n) is 10.3. The maximum absolute atomic E-state index is 15.6. The molecule has 0 bridgehead atoms. The molecule has 2 aromatic carbocycles. The molecule has 0 aliphatic carbocycles. The number of aromatic nitrogens is 6. The van der Waals surface area contributed by atoms with Gasteiger partial charge in [0.2, 0.25) is 0 Å². The third-order valence-corrected chi connectivity index (χ3v) is 16.3. The quantitative estimate of drug-likeness (QED) is 0.0871. The zero-order valence-corrected chi connectivity index (χ0v) is 41.4. The number of hydrogen-bond donors (Lipinski definition) is 0. The van der Waals surface area contributed by atoms with Crippen molar-refractivity contribution in [2.24, 2.45) is 10.3 Å². The van der Waals surface area contributed by atoms with Gasteiger partial charge >= 0.3 is 12.4 Å². The lowest BCUT2D eigenvalue weighted by Crippen LogP contribution is -2.57. The number of halogens is 6. The maximum Gasteiger partial charge on any atom is 0.435 e. The van der Waals surface area contributed by atoms with Crippen LogP contribution in [0.3, 0.4) is 0 Å². The summed E-state index contributed by atoms with van der Waals surface area (Å²) < 4.78 is 87.6. The Morgan fingerprint density at radius 3 is 1.38 bits per heavy atom. The van der Waals surface area contributed by atoms with Crippen LogP contribution in [-0.4, -0.2) is 94.8 Å². The minimum absolute atomic E-state index is 0.0491. The van der Waals surface area contributed by atoms with Crippen LogP contribution in [0.1, 0.15) is 132 Å². The van der Waals surface area contributed by atoms with E-state index in [1.807, 2.05) is 81.2 Å². The minimum atomic E-state index is -4.71. The Labute approximate surface area is 420 Å². The Hall–Kier alpha value is -5.77. The van der Waals surface area contributed by atoms with Crippen LogP contribution < -0.4 is 0 Å². The van der Waals surface area contributed by atoms with Crippen LogP contribution in [0.2, 0.25) is 0 Å². The Kier molecular flexibility index (Phi) is 14.5. The molecule has 380 valence electrons. The number of Topliss-reactive ketones (excluding diaryl/α,β-unsaturated/α-hetero) is 1. The van der Waals surface area contributed by atoms with Crippen LogP contribution in [-0.2, 0) is 52.8 Å². The largest absolute Gasteiger partial charge is 0.435 e. The second-order valence-electron chi connectivity index (χ2n) is 18.8. The van der Waals surface area contributed by atoms with Gasteiger partial charge in [-0.3, -0.25) is 24.0 Å². The molecule has 4 aliphatic heterocycles. The molecular weight excluding hydrogens is 979 g/mol. The van der Waals surface area contributed by atoms with Gasteiger partial charge < -0.3 is 9.68 Å². The molecule has 0 amide bonds. The summed E-state index contributed by atoms with van der Waals surface area (Å²) in [7, 11) is 0. The number of rotatable bonds is 16. The van der Waals surface area contributed by atoms with Gasteiger partial charge in [-0.1, -0.05) is 84.8 Å². The number of thiazole rings is 2. The van der Waals surface area contributed by atoms with E-state index < -0.39 is 35.8 Å². The topological polar surface area (TPSA) is 128 Å². The van der Waals surface area contributed by atoms with Gasteiger partial charge in [0, 0.05) is 46.8 Å². The van der Waals surface area contributed by atoms with Crippen molar-refractivity contribution in [3.05, 3.63) is 139 Å². The van der Waals surface area contributed by atoms with Crippen molar-refractivity contribution < 1.29 is 40.8 Å². The molecule has 6 aromatic rings. The normalized spacial score (nSPS) is 20.6. The van der Waals surface area contributed by atoms with E-state index in [4.69, 9.17) is 19.6 Å². The molecule has 2 saturated heterocycles. The van der Waals surface area contributed by atoms with E-state index in [2.05, 4.69) is 20.5 Å². The van der Waals surface area contributed by atoms with E-state index in [1.54, 1.807) is 36.5 Å². The number of benzene rings is 2. The highest BCUT2D eigenvalue weighted by atomic mass is 32.1. The number of aryl methyl sites for hydroxylation is 2. The summed E-state index contributed by atoms with van der Waals surface area (Å²) in [5.74, 6) is -0.210. The Bertz CT molecular complexity index is 2690. The smallest absolute Gasteiger partial charge is 0.387 e. The first-order chi connectivity index (χ1) is 34.7. The minimum Gasteiger partial charge on any atom is -0.387 e. The molecule has 4 atom stereocenters. The number of carbonyl (C=O) groups is 1. The second-order valence-corrected chi connectivity index (χ2v) is 20.6. The van der Waals surface area contributed by atoms with Crippen molar-refractivity contribution in [2.45, 2.75) is 127 Å². The number of likely N-dealkylation sites (tertiary alicyclic amines) is 2. The van der Waals surface area contributed by atoms with Crippen molar-refractivity contribution in [2.75, 3.05) is 26.2 Å². The van der Waals surface area contributed by atoms with Gasteiger partial charge in [-0.15, -0.1) is 22.7 Å². The van der Waals surface area contributed by atoms with E-state index in [1.165, 1.54) is 9.36 Å². The van der Waals surface area contributed by atoms with Crippen molar-refractivity contribution in [1.82, 2.24) is 39.3 Å². The molecule has 0 radical (unpaired) electrons. The third kappa shape index (κ3) is 10.8. The molecule has 4 aliphatic rings. The van der Waals surface area contributed by atoms with Gasteiger partial charge in [0.15, 0.2) is 29.4 Å². The van der Waals surface area contributed by atoms with Crippen molar-refractivity contribution in [3.63, 3.8) is 0 Å². The zero-order chi connectivity index (χ0) is 50.1. The third-order valence-electron chi connectivity index (χ3n) is 14.3. The van der Waals surface area contributed by atoms with E-state index in [-0.39, 0.29) is 55.8 Å². The Balaban J connectivity index is 0.895. The second kappa shape index (κ2) is 21.0. The van der Waals surface area contributed by atoms with E-state index >= 15 is 4.79 Å². The lowest BCUT2D eigenvalue weighted by atomic mass is 9.91. The number of piperidine rings is 2. The lowest BCUT2D eigenvalue weighted by molar-refractivity contribution is -0.142. The first kappa shape index (κ1) is 49.8. The molecule has 8 heterocycles. The molecule has 0 saturated carbocycles. The molecular formula is C51H54F6N10O3S2. The van der Waals surface area contributed by atoms with Gasteiger partial charge in [-0.2, -0.15) is 36.5 Å². The van der Waals surface area contributed by atoms with Crippen molar-refractivity contribution in [1.29, 1.82) is 0 Å². The molecule has 2 fully saturated rings. The zero-order valence-electron chi connectivity index (χ0n) is 39.7. The molecule has 0 spiro atoms. The number of nitrogens with zero attached hydrogens (tertiary/aromatic N) is 10. The lowest BCUT2D eigenvalue weighted by Gasteiger charge is -2.41. The van der Waals surface area contributed by atoms with Crippen LogP contribution in [0.4, 0.5) is 26.3 Å². The highest BCUT2D eigenvalue weighted by molar-refractivity contribution is 7.10. The number of carbonyl (C=O) groups excluding carboxylic acids is 1. The maximum atomic E-state index is 15.6. The summed E-state index contributed by atoms with van der Waals surface area (Å²) in [4.78, 5) is 41.2. The Morgan fingerprint density at radius 1 is 0.625 bits per heavy atom. The predicted octanol–water partition coefficient (Wildman–Crippen LogP) is 10.7. The number of alkyl halides is 6. The Morgan fingerprint density at radius 2 is 1.01 bits per heavy atom. The van der Waals surface area contributed by atoms with Gasteiger partial charge in [0.25, 0.3) is 0 Å². The van der Waals surface area contributed by atoms with E-state index in [0.717, 1.165) is 56.1 Å². The van der Waals surface area contributed by atoms with Gasteiger partial charge in [-0.05, 0) is 88.0 Å². The predicted molar refractivity (Wildman–Crippen MR) is 260 cm³/mol. The summed E-state index contributed by atoms with van der Waals surface area (Å²) in [6.07, 6.45) is -5.71. The molecule has 13 nitrogen and oxygen atoms in total. The molecule has 4 aromatic heterocycles. The fraction of sp³-hybridized carbons (Fsp3) is 0.471. The number of hydrogen-bond acceptors (Lipinski definition) is 13. The standard InChI is InChI=1S/C51H54F6N10O3S2/c1-3-35-23-45(50(52,53)54)60-66(35)27-41(64-19-15-33(16-20-64)48-58-39(29-71-48)37-25-43(69-62-37)31-11-7-5-8-12-31)47(68)42(28-67-36(4-2)24-46(61-67)51(55,56)57)65-21-17-34(18-22-65)49-59-40(30-72-49)38-26-44(70-63-38)32-13-9-6-10-14-32/h5-14,23-24,29-30,33-34,41-44H,3-4,15-22,25-28H2,1-2H3. The SMILES string of the molecule is CCc1cc(C(F)(F)F)nn1CC(C(=O)C(Cn1nc(C(F)(F)F)cc1CC)N1CCC(c2nc(C3=NOC(c4ccccc4)C3)cs2)CC1)N1CCC(c2nc(C3=NOC(c4ccccc4)C3)cs2)CC1.